The Morgan fingerprint density at radius 2 is 1.75 bits per heavy atom. The van der Waals surface area contributed by atoms with E-state index in [9.17, 15) is 13.2 Å². The van der Waals surface area contributed by atoms with Gasteiger partial charge in [0, 0.05) is 18.8 Å². The van der Waals surface area contributed by atoms with Crippen molar-refractivity contribution >= 4 is 21.6 Å². The van der Waals surface area contributed by atoms with Gasteiger partial charge in [0.25, 0.3) is 0 Å². The maximum absolute atomic E-state index is 12.5. The molecule has 0 spiro atoms. The van der Waals surface area contributed by atoms with E-state index in [-0.39, 0.29) is 29.9 Å². The normalized spacial score (nSPS) is 11.7. The number of carbonyl (C=O) groups is 1. The molecule has 1 N–H and O–H groups in total. The van der Waals surface area contributed by atoms with Crippen LogP contribution in [0, 0.1) is 13.8 Å². The molecule has 0 unspecified atom stereocenters. The van der Waals surface area contributed by atoms with Crippen LogP contribution >= 0.6 is 0 Å². The first-order valence-electron chi connectivity index (χ1n) is 9.19. The highest BCUT2D eigenvalue weighted by atomic mass is 32.2. The number of hydrogen-bond acceptors (Lipinski definition) is 4. The molecule has 6 nitrogen and oxygen atoms in total. The number of amides is 1. The summed E-state index contributed by atoms with van der Waals surface area (Å²) in [5, 5.41) is 2.76. The van der Waals surface area contributed by atoms with Crippen molar-refractivity contribution in [2.45, 2.75) is 45.1 Å². The molecular formula is C21H28N2O4S. The number of aryl methyl sites for hydroxylation is 2. The summed E-state index contributed by atoms with van der Waals surface area (Å²) in [5.74, 6) is 0.580. The van der Waals surface area contributed by atoms with Crippen molar-refractivity contribution in [1.82, 2.24) is 4.31 Å². The van der Waals surface area contributed by atoms with E-state index < -0.39 is 10.0 Å². The summed E-state index contributed by atoms with van der Waals surface area (Å²) >= 11 is 0. The average Bonchev–Trinajstić information content (AvgIpc) is 2.64. The van der Waals surface area contributed by atoms with Gasteiger partial charge in [-0.05, 0) is 69.2 Å². The molecule has 0 saturated carbocycles. The molecule has 1 amide bonds. The third-order valence-corrected chi connectivity index (χ3v) is 6.52. The largest absolute Gasteiger partial charge is 0.493 e. The number of carbonyl (C=O) groups excluding carboxylic acids is 1. The topological polar surface area (TPSA) is 75.7 Å². The van der Waals surface area contributed by atoms with Crippen LogP contribution in [-0.2, 0) is 14.8 Å². The number of nitrogens with zero attached hydrogens (tertiary/aromatic N) is 1. The SMILES string of the molecule is Cc1ccc(C)c(OCCC(=O)Nc2ccc(S(=O)(=O)N(C)C(C)C)cc2)c1. The molecule has 0 radical (unpaired) electrons. The molecule has 0 aliphatic carbocycles. The van der Waals surface area contributed by atoms with E-state index in [1.165, 1.54) is 16.4 Å². The smallest absolute Gasteiger partial charge is 0.243 e. The van der Waals surface area contributed by atoms with Gasteiger partial charge in [-0.25, -0.2) is 8.42 Å². The second kappa shape index (κ2) is 9.21. The lowest BCUT2D eigenvalue weighted by Gasteiger charge is -2.21. The van der Waals surface area contributed by atoms with E-state index in [1.54, 1.807) is 19.2 Å². The molecule has 0 fully saturated rings. The molecule has 0 aliphatic heterocycles. The lowest BCUT2D eigenvalue weighted by atomic mass is 10.1. The van der Waals surface area contributed by atoms with E-state index >= 15 is 0 Å². The summed E-state index contributed by atoms with van der Waals surface area (Å²) in [7, 11) is -1.99. The van der Waals surface area contributed by atoms with E-state index in [0.717, 1.165) is 16.9 Å². The van der Waals surface area contributed by atoms with Gasteiger partial charge in [-0.15, -0.1) is 0 Å². The summed E-state index contributed by atoms with van der Waals surface area (Å²) in [6.45, 7) is 7.84. The van der Waals surface area contributed by atoms with Crippen molar-refractivity contribution in [2.75, 3.05) is 19.0 Å². The highest BCUT2D eigenvalue weighted by molar-refractivity contribution is 7.89. The second-order valence-corrected chi connectivity index (χ2v) is 9.05. The molecular weight excluding hydrogens is 376 g/mol. The number of rotatable bonds is 8. The van der Waals surface area contributed by atoms with Crippen LogP contribution in [0.5, 0.6) is 5.75 Å². The van der Waals surface area contributed by atoms with Crippen LogP contribution in [0.1, 0.15) is 31.4 Å². The van der Waals surface area contributed by atoms with Crippen LogP contribution in [-0.4, -0.2) is 38.3 Å². The number of nitrogens with one attached hydrogen (secondary N) is 1. The molecule has 28 heavy (non-hydrogen) atoms. The maximum Gasteiger partial charge on any atom is 0.243 e. The summed E-state index contributed by atoms with van der Waals surface area (Å²) in [5.41, 5.74) is 2.67. The predicted molar refractivity (Wildman–Crippen MR) is 111 cm³/mol. The first-order valence-corrected chi connectivity index (χ1v) is 10.6. The molecule has 0 saturated heterocycles. The Balaban J connectivity index is 1.91. The Kier molecular flexibility index (Phi) is 7.21. The Morgan fingerprint density at radius 3 is 2.36 bits per heavy atom. The average molecular weight is 405 g/mol. The minimum absolute atomic E-state index is 0.138. The zero-order valence-electron chi connectivity index (χ0n) is 17.0. The van der Waals surface area contributed by atoms with Crippen molar-refractivity contribution in [2.24, 2.45) is 0 Å². The van der Waals surface area contributed by atoms with Gasteiger partial charge < -0.3 is 10.1 Å². The zero-order chi connectivity index (χ0) is 20.9. The summed E-state index contributed by atoms with van der Waals surface area (Å²) < 4.78 is 31.9. The summed E-state index contributed by atoms with van der Waals surface area (Å²) in [6, 6.07) is 12.0. The lowest BCUT2D eigenvalue weighted by Crippen LogP contribution is -2.33. The van der Waals surface area contributed by atoms with Gasteiger partial charge in [-0.2, -0.15) is 4.31 Å². The number of benzene rings is 2. The van der Waals surface area contributed by atoms with Gasteiger partial charge in [0.1, 0.15) is 5.75 Å². The minimum atomic E-state index is -3.54. The molecule has 2 rings (SSSR count). The van der Waals surface area contributed by atoms with Gasteiger partial charge in [-0.3, -0.25) is 4.79 Å². The van der Waals surface area contributed by atoms with Crippen molar-refractivity contribution in [3.05, 3.63) is 53.6 Å². The number of hydrogen-bond donors (Lipinski definition) is 1. The fourth-order valence-corrected chi connectivity index (χ4v) is 3.86. The first kappa shape index (κ1) is 21.9. The van der Waals surface area contributed by atoms with Gasteiger partial charge in [-0.1, -0.05) is 12.1 Å². The minimum Gasteiger partial charge on any atom is -0.493 e. The fourth-order valence-electron chi connectivity index (χ4n) is 2.49. The van der Waals surface area contributed by atoms with E-state index in [0.29, 0.717) is 5.69 Å². The summed E-state index contributed by atoms with van der Waals surface area (Å²) in [6.07, 6.45) is 0.198. The molecule has 0 atom stereocenters. The molecule has 0 aromatic heterocycles. The van der Waals surface area contributed by atoms with Crippen LogP contribution in [0.4, 0.5) is 5.69 Å². The van der Waals surface area contributed by atoms with Crippen LogP contribution in [0.25, 0.3) is 0 Å². The molecule has 2 aromatic rings. The summed E-state index contributed by atoms with van der Waals surface area (Å²) in [4.78, 5) is 12.3. The zero-order valence-corrected chi connectivity index (χ0v) is 17.8. The Hall–Kier alpha value is -2.38. The van der Waals surface area contributed by atoms with Crippen molar-refractivity contribution in [3.63, 3.8) is 0 Å². The lowest BCUT2D eigenvalue weighted by molar-refractivity contribution is -0.116. The first-order chi connectivity index (χ1) is 13.1. The second-order valence-electron chi connectivity index (χ2n) is 7.05. The third-order valence-electron chi connectivity index (χ3n) is 4.47. The number of sulfonamides is 1. The number of anilines is 1. The van der Waals surface area contributed by atoms with Crippen LogP contribution in [0.15, 0.2) is 47.4 Å². The number of ether oxygens (including phenoxy) is 1. The third kappa shape index (κ3) is 5.56. The Bertz CT molecular complexity index is 922. The van der Waals surface area contributed by atoms with Gasteiger partial charge >= 0.3 is 0 Å². The van der Waals surface area contributed by atoms with Gasteiger partial charge in [0.15, 0.2) is 0 Å². The molecule has 2 aromatic carbocycles. The molecule has 0 aliphatic rings. The van der Waals surface area contributed by atoms with Crippen LogP contribution in [0.3, 0.4) is 0 Å². The highest BCUT2D eigenvalue weighted by Gasteiger charge is 2.22. The van der Waals surface area contributed by atoms with Crippen LogP contribution in [0.2, 0.25) is 0 Å². The molecule has 0 bridgehead atoms. The van der Waals surface area contributed by atoms with E-state index in [2.05, 4.69) is 5.32 Å². The van der Waals surface area contributed by atoms with Crippen LogP contribution < -0.4 is 10.1 Å². The van der Waals surface area contributed by atoms with Crippen molar-refractivity contribution in [3.8, 4) is 5.75 Å². The quantitative estimate of drug-likeness (QED) is 0.727. The van der Waals surface area contributed by atoms with Gasteiger partial charge in [0.05, 0.1) is 17.9 Å². The fraction of sp³-hybridized carbons (Fsp3) is 0.381. The molecule has 7 heteroatoms. The van der Waals surface area contributed by atoms with Crippen molar-refractivity contribution in [1.29, 1.82) is 0 Å². The van der Waals surface area contributed by atoms with Crippen molar-refractivity contribution < 1.29 is 17.9 Å². The standard InChI is InChI=1S/C21H28N2O4S/c1-15(2)23(5)28(25,26)19-10-8-18(9-11-19)22-21(24)12-13-27-20-14-16(3)6-7-17(20)4/h6-11,14-15H,12-13H2,1-5H3,(H,22,24). The predicted octanol–water partition coefficient (Wildman–Crippen LogP) is 3.74. The van der Waals surface area contributed by atoms with E-state index in [1.807, 2.05) is 45.9 Å². The molecule has 152 valence electrons. The Morgan fingerprint density at radius 1 is 1.11 bits per heavy atom. The maximum atomic E-state index is 12.5. The van der Waals surface area contributed by atoms with Gasteiger partial charge in [0.2, 0.25) is 15.9 Å². The van der Waals surface area contributed by atoms with E-state index in [4.69, 9.17) is 4.74 Å². The monoisotopic (exact) mass is 404 g/mol. The molecule has 0 heterocycles. The highest BCUT2D eigenvalue weighted by Crippen LogP contribution is 2.20. The Labute approximate surface area is 167 Å².